The number of hydrogen-bond donors (Lipinski definition) is 1. The Hall–Kier alpha value is -2.34. The van der Waals surface area contributed by atoms with Crippen molar-refractivity contribution >= 4 is 17.6 Å². The first-order valence-corrected chi connectivity index (χ1v) is 6.49. The highest BCUT2D eigenvalue weighted by atomic mass is 35.5. The molecule has 0 radical (unpaired) electrons. The molecule has 0 saturated carbocycles. The number of benzene rings is 1. The summed E-state index contributed by atoms with van der Waals surface area (Å²) in [5.74, 6) is 0.530. The number of rotatable bonds is 6. The van der Waals surface area contributed by atoms with E-state index in [1.165, 1.54) is 6.20 Å². The van der Waals surface area contributed by atoms with Gasteiger partial charge in [-0.15, -0.1) is 0 Å². The first-order chi connectivity index (χ1) is 10.1. The van der Waals surface area contributed by atoms with E-state index < -0.39 is 5.97 Å². The monoisotopic (exact) mass is 308 g/mol. The molecule has 0 spiro atoms. The predicted molar refractivity (Wildman–Crippen MR) is 76.2 cm³/mol. The molecule has 7 heteroatoms. The summed E-state index contributed by atoms with van der Waals surface area (Å²) >= 11 is 5.70. The van der Waals surface area contributed by atoms with E-state index in [2.05, 4.69) is 9.97 Å². The van der Waals surface area contributed by atoms with Crippen LogP contribution in [0.3, 0.4) is 0 Å². The first kappa shape index (κ1) is 15.1. The van der Waals surface area contributed by atoms with Crippen LogP contribution in [0.4, 0.5) is 0 Å². The van der Waals surface area contributed by atoms with Gasteiger partial charge in [0.05, 0.1) is 24.9 Å². The van der Waals surface area contributed by atoms with E-state index in [4.69, 9.17) is 26.2 Å². The third-order valence-corrected chi connectivity index (χ3v) is 2.91. The van der Waals surface area contributed by atoms with Gasteiger partial charge in [-0.05, 0) is 12.1 Å². The van der Waals surface area contributed by atoms with Crippen molar-refractivity contribution in [3.05, 3.63) is 47.0 Å². The Morgan fingerprint density at radius 3 is 2.86 bits per heavy atom. The number of carbonyl (C=O) groups is 1. The number of aromatic carboxylic acids is 1. The van der Waals surface area contributed by atoms with Crippen LogP contribution in [0.25, 0.3) is 0 Å². The maximum absolute atomic E-state index is 10.9. The highest BCUT2D eigenvalue weighted by Crippen LogP contribution is 2.19. The lowest BCUT2D eigenvalue weighted by atomic mass is 10.3. The second kappa shape index (κ2) is 6.90. The Balaban J connectivity index is 1.97. The van der Waals surface area contributed by atoms with E-state index in [1.54, 1.807) is 19.2 Å². The van der Waals surface area contributed by atoms with Crippen molar-refractivity contribution in [2.24, 2.45) is 0 Å². The van der Waals surface area contributed by atoms with Crippen molar-refractivity contribution in [1.82, 2.24) is 9.97 Å². The van der Waals surface area contributed by atoms with E-state index >= 15 is 0 Å². The van der Waals surface area contributed by atoms with Gasteiger partial charge in [0, 0.05) is 12.5 Å². The molecule has 110 valence electrons. The average Bonchev–Trinajstić information content (AvgIpc) is 2.49. The van der Waals surface area contributed by atoms with Crippen molar-refractivity contribution in [3.8, 4) is 11.5 Å². The van der Waals surface area contributed by atoms with Crippen molar-refractivity contribution in [2.75, 3.05) is 13.7 Å². The molecule has 6 nitrogen and oxygen atoms in total. The maximum Gasteiger partial charge on any atom is 0.356 e. The molecule has 0 atom stereocenters. The fourth-order valence-corrected chi connectivity index (χ4v) is 1.80. The molecule has 0 unspecified atom stereocenters. The predicted octanol–water partition coefficient (Wildman–Crippen LogP) is 2.46. The lowest BCUT2D eigenvalue weighted by molar-refractivity contribution is 0.0690. The van der Waals surface area contributed by atoms with E-state index in [0.29, 0.717) is 30.4 Å². The minimum absolute atomic E-state index is 0.0139. The SMILES string of the molecule is COc1cccc(OCCc2ncc(Cl)c(C(=O)O)n2)c1. The molecule has 1 aromatic heterocycles. The van der Waals surface area contributed by atoms with Crippen LogP contribution in [0.15, 0.2) is 30.5 Å². The van der Waals surface area contributed by atoms with Crippen LogP contribution in [0.2, 0.25) is 5.02 Å². The number of hydrogen-bond acceptors (Lipinski definition) is 5. The highest BCUT2D eigenvalue weighted by molar-refractivity contribution is 6.33. The van der Waals surface area contributed by atoms with Crippen LogP contribution in [-0.4, -0.2) is 34.8 Å². The average molecular weight is 309 g/mol. The molecule has 0 bridgehead atoms. The first-order valence-electron chi connectivity index (χ1n) is 6.11. The second-order valence-electron chi connectivity index (χ2n) is 4.07. The molecule has 0 saturated heterocycles. The summed E-state index contributed by atoms with van der Waals surface area (Å²) in [6, 6.07) is 7.18. The zero-order valence-electron chi connectivity index (χ0n) is 11.2. The van der Waals surface area contributed by atoms with E-state index in [1.807, 2.05) is 12.1 Å². The molecular weight excluding hydrogens is 296 g/mol. The molecule has 1 aromatic carbocycles. The van der Waals surface area contributed by atoms with Gasteiger partial charge in [-0.1, -0.05) is 17.7 Å². The molecule has 0 fully saturated rings. The smallest absolute Gasteiger partial charge is 0.356 e. The maximum atomic E-state index is 10.9. The quantitative estimate of drug-likeness (QED) is 0.882. The van der Waals surface area contributed by atoms with Crippen LogP contribution in [0.5, 0.6) is 11.5 Å². The minimum Gasteiger partial charge on any atom is -0.497 e. The Labute approximate surface area is 126 Å². The van der Waals surface area contributed by atoms with Crippen LogP contribution in [-0.2, 0) is 6.42 Å². The van der Waals surface area contributed by atoms with Gasteiger partial charge in [0.25, 0.3) is 0 Å². The molecule has 0 aliphatic carbocycles. The normalized spacial score (nSPS) is 10.2. The lowest BCUT2D eigenvalue weighted by Crippen LogP contribution is -2.09. The van der Waals surface area contributed by atoms with Crippen LogP contribution in [0, 0.1) is 0 Å². The van der Waals surface area contributed by atoms with Gasteiger partial charge in [0.2, 0.25) is 0 Å². The van der Waals surface area contributed by atoms with Gasteiger partial charge >= 0.3 is 5.97 Å². The second-order valence-corrected chi connectivity index (χ2v) is 4.47. The Kier molecular flexibility index (Phi) is 4.94. The van der Waals surface area contributed by atoms with Gasteiger partial charge in [-0.25, -0.2) is 14.8 Å². The highest BCUT2D eigenvalue weighted by Gasteiger charge is 2.12. The number of nitrogens with zero attached hydrogens (tertiary/aromatic N) is 2. The van der Waals surface area contributed by atoms with Gasteiger partial charge in [-0.2, -0.15) is 0 Å². The van der Waals surface area contributed by atoms with Crippen LogP contribution >= 0.6 is 11.6 Å². The molecule has 0 aliphatic heterocycles. The fourth-order valence-electron chi connectivity index (χ4n) is 1.63. The Morgan fingerprint density at radius 2 is 2.14 bits per heavy atom. The summed E-state index contributed by atoms with van der Waals surface area (Å²) in [6.45, 7) is 0.313. The zero-order valence-corrected chi connectivity index (χ0v) is 12.0. The standard InChI is InChI=1S/C14H13ClN2O4/c1-20-9-3-2-4-10(7-9)21-6-5-12-16-8-11(15)13(17-12)14(18)19/h2-4,7-8H,5-6H2,1H3,(H,18,19). The summed E-state index contributed by atoms with van der Waals surface area (Å²) < 4.78 is 10.6. The number of halogens is 1. The summed E-state index contributed by atoms with van der Waals surface area (Å²) in [6.07, 6.45) is 1.65. The fraction of sp³-hybridized carbons (Fsp3) is 0.214. The molecule has 2 rings (SSSR count). The molecule has 1 N–H and O–H groups in total. The van der Waals surface area contributed by atoms with E-state index in [0.717, 1.165) is 0 Å². The van der Waals surface area contributed by atoms with Gasteiger partial charge < -0.3 is 14.6 Å². The van der Waals surface area contributed by atoms with Gasteiger partial charge in [0.1, 0.15) is 17.3 Å². The van der Waals surface area contributed by atoms with Gasteiger partial charge in [-0.3, -0.25) is 0 Å². The number of ether oxygens (including phenoxy) is 2. The van der Waals surface area contributed by atoms with Gasteiger partial charge in [0.15, 0.2) is 5.69 Å². The van der Waals surface area contributed by atoms with Crippen LogP contribution < -0.4 is 9.47 Å². The lowest BCUT2D eigenvalue weighted by Gasteiger charge is -2.07. The molecule has 21 heavy (non-hydrogen) atoms. The van der Waals surface area contributed by atoms with Crippen molar-refractivity contribution in [3.63, 3.8) is 0 Å². The summed E-state index contributed by atoms with van der Waals surface area (Å²) in [7, 11) is 1.58. The van der Waals surface area contributed by atoms with Crippen molar-refractivity contribution in [2.45, 2.75) is 6.42 Å². The Morgan fingerprint density at radius 1 is 1.38 bits per heavy atom. The Bertz CT molecular complexity index is 649. The number of methoxy groups -OCH3 is 1. The molecule has 1 heterocycles. The van der Waals surface area contributed by atoms with Crippen molar-refractivity contribution < 1.29 is 19.4 Å². The summed E-state index contributed by atoms with van der Waals surface area (Å²) in [5, 5.41) is 8.95. The zero-order chi connectivity index (χ0) is 15.2. The largest absolute Gasteiger partial charge is 0.497 e. The topological polar surface area (TPSA) is 81.5 Å². The molecule has 0 aliphatic rings. The van der Waals surface area contributed by atoms with Crippen molar-refractivity contribution in [1.29, 1.82) is 0 Å². The number of carboxylic acid groups (broad SMARTS) is 1. The number of aromatic nitrogens is 2. The molecular formula is C14H13ClN2O4. The molecule has 0 amide bonds. The third kappa shape index (κ3) is 4.06. The van der Waals surface area contributed by atoms with E-state index in [9.17, 15) is 4.79 Å². The minimum atomic E-state index is -1.18. The molecule has 2 aromatic rings. The summed E-state index contributed by atoms with van der Waals surface area (Å²) in [5.41, 5.74) is -0.206. The third-order valence-electron chi connectivity index (χ3n) is 2.63. The van der Waals surface area contributed by atoms with Crippen LogP contribution in [0.1, 0.15) is 16.3 Å². The summed E-state index contributed by atoms with van der Waals surface area (Å²) in [4.78, 5) is 18.8. The number of carboxylic acids is 1. The van der Waals surface area contributed by atoms with E-state index in [-0.39, 0.29) is 10.7 Å².